The largest absolute Gasteiger partial charge is 0.508 e. The Labute approximate surface area is 114 Å². The summed E-state index contributed by atoms with van der Waals surface area (Å²) in [5, 5.41) is 18.1. The summed E-state index contributed by atoms with van der Waals surface area (Å²) in [7, 11) is 0. The molecule has 6 nitrogen and oxygen atoms in total. The van der Waals surface area contributed by atoms with Crippen molar-refractivity contribution in [1.29, 1.82) is 0 Å². The maximum absolute atomic E-state index is 12.6. The van der Waals surface area contributed by atoms with E-state index in [0.717, 1.165) is 23.0 Å². The zero-order chi connectivity index (χ0) is 14.3. The standard InChI is InChI=1S/C14H16N4O2/c1-8-12-13(17-16-8)10-7-9(19)3-4-11(10)18(14(12)20)6-2-5-15/h3-4,7,19H,2,5-6,15H2,1H3,(H,16,17). The van der Waals surface area contributed by atoms with Gasteiger partial charge in [0.2, 0.25) is 0 Å². The van der Waals surface area contributed by atoms with Crippen molar-refractivity contribution in [3.8, 4) is 5.75 Å². The number of phenolic OH excluding ortho intramolecular Hbond substituents is 1. The molecule has 0 bridgehead atoms. The van der Waals surface area contributed by atoms with Gasteiger partial charge in [-0.3, -0.25) is 9.89 Å². The second-order valence-electron chi connectivity index (χ2n) is 4.87. The maximum Gasteiger partial charge on any atom is 0.262 e. The average Bonchev–Trinajstić information content (AvgIpc) is 2.82. The van der Waals surface area contributed by atoms with E-state index in [1.54, 1.807) is 22.8 Å². The number of H-pyrrole nitrogens is 1. The molecular formula is C14H16N4O2. The van der Waals surface area contributed by atoms with Crippen LogP contribution in [0.25, 0.3) is 21.8 Å². The zero-order valence-corrected chi connectivity index (χ0v) is 11.2. The summed E-state index contributed by atoms with van der Waals surface area (Å²) >= 11 is 0. The van der Waals surface area contributed by atoms with Gasteiger partial charge in [-0.2, -0.15) is 5.10 Å². The van der Waals surface area contributed by atoms with Gasteiger partial charge in [0.15, 0.2) is 0 Å². The molecule has 3 aromatic rings. The van der Waals surface area contributed by atoms with Crippen molar-refractivity contribution in [2.75, 3.05) is 6.54 Å². The van der Waals surface area contributed by atoms with Gasteiger partial charge in [-0.15, -0.1) is 0 Å². The number of nitrogens with zero attached hydrogens (tertiary/aromatic N) is 2. The van der Waals surface area contributed by atoms with Crippen LogP contribution in [0.3, 0.4) is 0 Å². The summed E-state index contributed by atoms with van der Waals surface area (Å²) in [5.74, 6) is 0.156. The van der Waals surface area contributed by atoms with Crippen molar-refractivity contribution in [1.82, 2.24) is 14.8 Å². The fourth-order valence-electron chi connectivity index (χ4n) is 2.55. The molecule has 0 saturated heterocycles. The predicted molar refractivity (Wildman–Crippen MR) is 77.9 cm³/mol. The number of nitrogens with one attached hydrogen (secondary N) is 1. The van der Waals surface area contributed by atoms with Crippen LogP contribution in [0.1, 0.15) is 12.1 Å². The van der Waals surface area contributed by atoms with Crippen LogP contribution in [0.2, 0.25) is 0 Å². The number of aryl methyl sites for hydroxylation is 2. The Bertz CT molecular complexity index is 848. The van der Waals surface area contributed by atoms with Crippen molar-refractivity contribution in [2.45, 2.75) is 19.9 Å². The van der Waals surface area contributed by atoms with Gasteiger partial charge >= 0.3 is 0 Å². The van der Waals surface area contributed by atoms with E-state index in [-0.39, 0.29) is 11.3 Å². The van der Waals surface area contributed by atoms with Crippen LogP contribution in [0.4, 0.5) is 0 Å². The molecule has 0 aliphatic heterocycles. The first-order valence-corrected chi connectivity index (χ1v) is 6.53. The van der Waals surface area contributed by atoms with Crippen molar-refractivity contribution >= 4 is 21.8 Å². The van der Waals surface area contributed by atoms with Crippen molar-refractivity contribution in [2.24, 2.45) is 5.73 Å². The number of benzene rings is 1. The second kappa shape index (κ2) is 4.64. The first-order chi connectivity index (χ1) is 9.63. The molecule has 2 aromatic heterocycles. The molecule has 2 heterocycles. The summed E-state index contributed by atoms with van der Waals surface area (Å²) in [5.41, 5.74) is 7.57. The summed E-state index contributed by atoms with van der Waals surface area (Å²) in [4.78, 5) is 12.6. The quantitative estimate of drug-likeness (QED) is 0.668. The molecule has 4 N–H and O–H groups in total. The monoisotopic (exact) mass is 272 g/mol. The molecule has 0 spiro atoms. The highest BCUT2D eigenvalue weighted by atomic mass is 16.3. The number of aromatic amines is 1. The number of rotatable bonds is 3. The molecule has 20 heavy (non-hydrogen) atoms. The van der Waals surface area contributed by atoms with Crippen molar-refractivity contribution < 1.29 is 5.11 Å². The van der Waals surface area contributed by atoms with E-state index in [9.17, 15) is 9.90 Å². The van der Waals surface area contributed by atoms with Gasteiger partial charge in [-0.1, -0.05) is 0 Å². The van der Waals surface area contributed by atoms with Crippen LogP contribution in [0, 0.1) is 6.92 Å². The van der Waals surface area contributed by atoms with E-state index >= 15 is 0 Å². The number of aromatic nitrogens is 3. The van der Waals surface area contributed by atoms with E-state index in [2.05, 4.69) is 10.2 Å². The molecule has 1 aromatic carbocycles. The molecule has 104 valence electrons. The van der Waals surface area contributed by atoms with Crippen molar-refractivity contribution in [3.05, 3.63) is 34.2 Å². The topological polar surface area (TPSA) is 96.9 Å². The molecule has 0 aliphatic rings. The molecule has 0 saturated carbocycles. The Morgan fingerprint density at radius 2 is 2.25 bits per heavy atom. The van der Waals surface area contributed by atoms with Crippen LogP contribution in [0.5, 0.6) is 5.75 Å². The lowest BCUT2D eigenvalue weighted by atomic mass is 10.1. The number of fused-ring (bicyclic) bond motifs is 3. The fourth-order valence-corrected chi connectivity index (χ4v) is 2.55. The van der Waals surface area contributed by atoms with E-state index in [1.165, 1.54) is 0 Å². The molecule has 0 aliphatic carbocycles. The Kier molecular flexibility index (Phi) is 2.94. The van der Waals surface area contributed by atoms with Crippen LogP contribution in [0.15, 0.2) is 23.0 Å². The van der Waals surface area contributed by atoms with Gasteiger partial charge in [-0.05, 0) is 38.1 Å². The van der Waals surface area contributed by atoms with Gasteiger partial charge in [0.05, 0.1) is 10.9 Å². The minimum atomic E-state index is -0.0714. The van der Waals surface area contributed by atoms with Crippen LogP contribution in [-0.2, 0) is 6.54 Å². The third-order valence-corrected chi connectivity index (χ3v) is 3.52. The van der Waals surface area contributed by atoms with E-state index in [1.807, 2.05) is 6.92 Å². The molecule has 0 fully saturated rings. The molecule has 6 heteroatoms. The first kappa shape index (κ1) is 12.7. The second-order valence-corrected chi connectivity index (χ2v) is 4.87. The van der Waals surface area contributed by atoms with Crippen LogP contribution in [-0.4, -0.2) is 26.4 Å². The Hall–Kier alpha value is -2.34. The molecule has 0 amide bonds. The maximum atomic E-state index is 12.6. The number of pyridine rings is 1. The smallest absolute Gasteiger partial charge is 0.262 e. The normalized spacial score (nSPS) is 11.5. The van der Waals surface area contributed by atoms with Crippen molar-refractivity contribution in [3.63, 3.8) is 0 Å². The van der Waals surface area contributed by atoms with E-state index < -0.39 is 0 Å². The number of hydrogen-bond acceptors (Lipinski definition) is 4. The summed E-state index contributed by atoms with van der Waals surface area (Å²) in [6, 6.07) is 4.95. The number of aromatic hydroxyl groups is 1. The number of hydrogen-bond donors (Lipinski definition) is 3. The van der Waals surface area contributed by atoms with Gasteiger partial charge in [0.1, 0.15) is 11.3 Å². The Morgan fingerprint density at radius 3 is 3.00 bits per heavy atom. The fraction of sp³-hybridized carbons (Fsp3) is 0.286. The van der Waals surface area contributed by atoms with Crippen LogP contribution < -0.4 is 11.3 Å². The number of phenols is 1. The highest BCUT2D eigenvalue weighted by Crippen LogP contribution is 2.26. The average molecular weight is 272 g/mol. The summed E-state index contributed by atoms with van der Waals surface area (Å²) < 4.78 is 1.70. The van der Waals surface area contributed by atoms with E-state index in [0.29, 0.717) is 24.0 Å². The lowest BCUT2D eigenvalue weighted by molar-refractivity contribution is 0.476. The zero-order valence-electron chi connectivity index (χ0n) is 11.2. The van der Waals surface area contributed by atoms with Crippen LogP contribution >= 0.6 is 0 Å². The highest BCUT2D eigenvalue weighted by molar-refractivity contribution is 6.04. The van der Waals surface area contributed by atoms with Gasteiger partial charge in [0, 0.05) is 17.6 Å². The lowest BCUT2D eigenvalue weighted by Crippen LogP contribution is -2.22. The third kappa shape index (κ3) is 1.77. The van der Waals surface area contributed by atoms with Gasteiger partial charge < -0.3 is 15.4 Å². The minimum Gasteiger partial charge on any atom is -0.508 e. The number of nitrogens with two attached hydrogens (primary N) is 1. The SMILES string of the molecule is Cc1[nH]nc2c1c(=O)n(CCCN)c1ccc(O)cc21. The summed E-state index contributed by atoms with van der Waals surface area (Å²) in [6.45, 7) is 2.89. The third-order valence-electron chi connectivity index (χ3n) is 3.52. The molecule has 0 unspecified atom stereocenters. The lowest BCUT2D eigenvalue weighted by Gasteiger charge is -2.11. The predicted octanol–water partition coefficient (Wildman–Crippen LogP) is 1.24. The van der Waals surface area contributed by atoms with E-state index in [4.69, 9.17) is 5.73 Å². The molecular weight excluding hydrogens is 256 g/mol. The Morgan fingerprint density at radius 1 is 1.45 bits per heavy atom. The van der Waals surface area contributed by atoms with Gasteiger partial charge in [-0.25, -0.2) is 0 Å². The Balaban J connectivity index is 2.47. The summed E-state index contributed by atoms with van der Waals surface area (Å²) in [6.07, 6.45) is 0.721. The molecule has 3 rings (SSSR count). The molecule has 0 radical (unpaired) electrons. The minimum absolute atomic E-state index is 0.0714. The van der Waals surface area contributed by atoms with Gasteiger partial charge in [0.25, 0.3) is 5.56 Å². The highest BCUT2D eigenvalue weighted by Gasteiger charge is 2.15. The first-order valence-electron chi connectivity index (χ1n) is 6.53. The molecule has 0 atom stereocenters.